The molecule has 0 aromatic heterocycles. The predicted molar refractivity (Wildman–Crippen MR) is 74.6 cm³/mol. The Kier molecular flexibility index (Phi) is 3.89. The van der Waals surface area contributed by atoms with Crippen molar-refractivity contribution < 1.29 is 17.7 Å². The van der Waals surface area contributed by atoms with Crippen molar-refractivity contribution in [2.45, 2.75) is 30.7 Å². The largest absolute Gasteiger partial charge is 0.397 e. The molecule has 0 heterocycles. The first kappa shape index (κ1) is 15.6. The maximum absolute atomic E-state index is 14.0. The van der Waals surface area contributed by atoms with Crippen LogP contribution < -0.4 is 5.73 Å². The summed E-state index contributed by atoms with van der Waals surface area (Å²) in [6, 6.07) is 1.15. The number of nitro benzene ring substituents is 1. The van der Waals surface area contributed by atoms with E-state index in [4.69, 9.17) is 5.73 Å². The van der Waals surface area contributed by atoms with Crippen molar-refractivity contribution in [2.75, 3.05) is 12.8 Å². The van der Waals surface area contributed by atoms with Crippen LogP contribution in [0.1, 0.15) is 19.8 Å². The summed E-state index contributed by atoms with van der Waals surface area (Å²) in [5, 5.41) is 10.6. The number of nitrogens with zero attached hydrogens (tertiary/aromatic N) is 2. The monoisotopic (exact) mass is 317 g/mol. The molecule has 2 N–H and O–H groups in total. The third-order valence-electron chi connectivity index (χ3n) is 3.78. The van der Waals surface area contributed by atoms with Crippen LogP contribution in [0, 0.1) is 21.8 Å². The molecule has 1 aliphatic rings. The summed E-state index contributed by atoms with van der Waals surface area (Å²) in [5.41, 5.74) is 4.48. The lowest BCUT2D eigenvalue weighted by atomic mass is 10.2. The quantitative estimate of drug-likeness (QED) is 0.505. The first-order chi connectivity index (χ1) is 9.66. The number of anilines is 1. The van der Waals surface area contributed by atoms with Crippen molar-refractivity contribution in [2.24, 2.45) is 5.92 Å². The highest BCUT2D eigenvalue weighted by molar-refractivity contribution is 7.89. The summed E-state index contributed by atoms with van der Waals surface area (Å²) in [6.07, 6.45) is 1.86. The van der Waals surface area contributed by atoms with Crippen molar-refractivity contribution >= 4 is 21.4 Å². The van der Waals surface area contributed by atoms with Gasteiger partial charge in [0.15, 0.2) is 5.82 Å². The summed E-state index contributed by atoms with van der Waals surface area (Å²) in [7, 11) is -2.78. The molecule has 1 saturated carbocycles. The number of nitro groups is 1. The van der Waals surface area contributed by atoms with Crippen LogP contribution in [-0.2, 0) is 10.0 Å². The van der Waals surface area contributed by atoms with E-state index >= 15 is 0 Å². The third kappa shape index (κ3) is 2.84. The molecular weight excluding hydrogens is 301 g/mol. The second kappa shape index (κ2) is 5.23. The summed E-state index contributed by atoms with van der Waals surface area (Å²) in [4.78, 5) is 9.10. The molecule has 0 spiro atoms. The van der Waals surface area contributed by atoms with Crippen LogP contribution in [-0.4, -0.2) is 30.7 Å². The minimum Gasteiger partial charge on any atom is -0.397 e. The average Bonchev–Trinajstić information content (AvgIpc) is 3.19. The highest BCUT2D eigenvalue weighted by Crippen LogP contribution is 2.38. The molecule has 1 atom stereocenters. The Balaban J connectivity index is 2.47. The van der Waals surface area contributed by atoms with Gasteiger partial charge in [-0.2, -0.15) is 4.31 Å². The van der Waals surface area contributed by atoms with Gasteiger partial charge in [0.1, 0.15) is 4.90 Å². The van der Waals surface area contributed by atoms with Gasteiger partial charge in [0, 0.05) is 19.2 Å². The van der Waals surface area contributed by atoms with Crippen LogP contribution in [0.25, 0.3) is 0 Å². The number of nitrogen functional groups attached to an aromatic ring is 1. The Hall–Kier alpha value is -1.74. The van der Waals surface area contributed by atoms with Gasteiger partial charge in [-0.3, -0.25) is 10.1 Å². The van der Waals surface area contributed by atoms with Gasteiger partial charge in [-0.15, -0.1) is 0 Å². The normalized spacial score (nSPS) is 17.0. The van der Waals surface area contributed by atoms with Crippen LogP contribution in [0.3, 0.4) is 0 Å². The van der Waals surface area contributed by atoms with Gasteiger partial charge in [-0.25, -0.2) is 12.8 Å². The van der Waals surface area contributed by atoms with E-state index in [0.717, 1.165) is 23.2 Å². The van der Waals surface area contributed by atoms with Crippen molar-refractivity contribution in [3.8, 4) is 0 Å². The molecule has 0 radical (unpaired) electrons. The number of sulfonamides is 1. The molecule has 2 rings (SSSR count). The Morgan fingerprint density at radius 1 is 1.48 bits per heavy atom. The fraction of sp³-hybridized carbons (Fsp3) is 0.500. The van der Waals surface area contributed by atoms with Gasteiger partial charge >= 0.3 is 0 Å². The molecule has 0 amide bonds. The van der Waals surface area contributed by atoms with Crippen molar-refractivity contribution in [1.82, 2.24) is 4.31 Å². The molecule has 1 unspecified atom stereocenters. The second-order valence-electron chi connectivity index (χ2n) is 5.20. The minimum atomic E-state index is -4.14. The van der Waals surface area contributed by atoms with E-state index < -0.39 is 37.0 Å². The van der Waals surface area contributed by atoms with Crippen molar-refractivity contribution in [3.05, 3.63) is 28.1 Å². The lowest BCUT2D eigenvalue weighted by molar-refractivity contribution is -0.385. The number of benzene rings is 1. The van der Waals surface area contributed by atoms with E-state index in [9.17, 15) is 22.9 Å². The van der Waals surface area contributed by atoms with Gasteiger partial charge in [-0.05, 0) is 25.7 Å². The SMILES string of the molecule is CC(C1CC1)N(C)S(=O)(=O)c1c(N)cc([N+](=O)[O-])cc1F. The van der Waals surface area contributed by atoms with Crippen LogP contribution in [0.5, 0.6) is 0 Å². The van der Waals surface area contributed by atoms with Crippen LogP contribution in [0.4, 0.5) is 15.8 Å². The standard InChI is InChI=1S/C12H16FN3O4S/c1-7(8-3-4-8)15(2)21(19,20)12-10(13)5-9(16(17)18)6-11(12)14/h5-8H,3-4,14H2,1-2H3. The molecular formula is C12H16FN3O4S. The molecule has 1 fully saturated rings. The molecule has 1 aromatic rings. The van der Waals surface area contributed by atoms with E-state index in [-0.39, 0.29) is 12.0 Å². The highest BCUT2D eigenvalue weighted by atomic mass is 32.2. The zero-order chi connectivity index (χ0) is 15.9. The first-order valence-electron chi connectivity index (χ1n) is 6.37. The zero-order valence-corrected chi connectivity index (χ0v) is 12.4. The van der Waals surface area contributed by atoms with Crippen LogP contribution in [0.15, 0.2) is 17.0 Å². The molecule has 9 heteroatoms. The maximum atomic E-state index is 14.0. The lowest BCUT2D eigenvalue weighted by Crippen LogP contribution is -2.37. The van der Waals surface area contributed by atoms with Gasteiger partial charge < -0.3 is 5.73 Å². The number of hydrogen-bond donors (Lipinski definition) is 1. The smallest absolute Gasteiger partial charge is 0.274 e. The van der Waals surface area contributed by atoms with E-state index in [1.165, 1.54) is 7.05 Å². The van der Waals surface area contributed by atoms with Gasteiger partial charge in [0.25, 0.3) is 5.69 Å². The Bertz CT molecular complexity index is 665. The van der Waals surface area contributed by atoms with Crippen LogP contribution in [0.2, 0.25) is 0 Å². The van der Waals surface area contributed by atoms with Gasteiger partial charge in [0.2, 0.25) is 10.0 Å². The average molecular weight is 317 g/mol. The number of non-ortho nitro benzene ring substituents is 1. The molecule has 116 valence electrons. The van der Waals surface area contributed by atoms with E-state index in [0.29, 0.717) is 6.07 Å². The topological polar surface area (TPSA) is 107 Å². The lowest BCUT2D eigenvalue weighted by Gasteiger charge is -2.24. The summed E-state index contributed by atoms with van der Waals surface area (Å²) in [5.74, 6) is -0.955. The van der Waals surface area contributed by atoms with Crippen molar-refractivity contribution in [3.63, 3.8) is 0 Å². The Morgan fingerprint density at radius 2 is 2.05 bits per heavy atom. The summed E-state index contributed by atoms with van der Waals surface area (Å²) in [6.45, 7) is 1.74. The van der Waals surface area contributed by atoms with E-state index in [1.807, 2.05) is 0 Å². The molecule has 1 aromatic carbocycles. The third-order valence-corrected chi connectivity index (χ3v) is 5.82. The van der Waals surface area contributed by atoms with Gasteiger partial charge in [0.05, 0.1) is 16.7 Å². The van der Waals surface area contributed by atoms with E-state index in [2.05, 4.69) is 0 Å². The molecule has 1 aliphatic carbocycles. The second-order valence-corrected chi connectivity index (χ2v) is 7.14. The number of hydrogen-bond acceptors (Lipinski definition) is 5. The predicted octanol–water partition coefficient (Wildman–Crippen LogP) is 1.74. The molecule has 0 aliphatic heterocycles. The van der Waals surface area contributed by atoms with Crippen molar-refractivity contribution in [1.29, 1.82) is 0 Å². The zero-order valence-electron chi connectivity index (χ0n) is 11.6. The molecule has 7 nitrogen and oxygen atoms in total. The number of nitrogens with two attached hydrogens (primary N) is 1. The fourth-order valence-corrected chi connectivity index (χ4v) is 3.78. The minimum absolute atomic E-state index is 0.257. The fourth-order valence-electron chi connectivity index (χ4n) is 2.22. The van der Waals surface area contributed by atoms with E-state index in [1.54, 1.807) is 6.92 Å². The summed E-state index contributed by atoms with van der Waals surface area (Å²) < 4.78 is 40.0. The maximum Gasteiger partial charge on any atom is 0.274 e. The summed E-state index contributed by atoms with van der Waals surface area (Å²) >= 11 is 0. The Labute approximate surface area is 121 Å². The molecule has 0 bridgehead atoms. The van der Waals surface area contributed by atoms with Gasteiger partial charge in [-0.1, -0.05) is 0 Å². The first-order valence-corrected chi connectivity index (χ1v) is 7.81. The van der Waals surface area contributed by atoms with Crippen LogP contribution >= 0.6 is 0 Å². The molecule has 0 saturated heterocycles. The highest BCUT2D eigenvalue weighted by Gasteiger charge is 2.38. The number of halogens is 1. The Morgan fingerprint density at radius 3 is 2.48 bits per heavy atom. The number of rotatable bonds is 5. The molecule has 21 heavy (non-hydrogen) atoms.